The lowest BCUT2D eigenvalue weighted by Gasteiger charge is -2.37. The van der Waals surface area contributed by atoms with E-state index in [2.05, 4.69) is 16.4 Å². The first-order valence-corrected chi connectivity index (χ1v) is 12.4. The molecular weight excluding hydrogens is 486 g/mol. The van der Waals surface area contributed by atoms with Crippen LogP contribution in [0.1, 0.15) is 55.2 Å². The third kappa shape index (κ3) is 5.47. The zero-order valence-corrected chi connectivity index (χ0v) is 21.3. The number of amides is 2. The Labute approximate surface area is 220 Å². The highest BCUT2D eigenvalue weighted by Crippen LogP contribution is 2.38. The van der Waals surface area contributed by atoms with Gasteiger partial charge in [0.2, 0.25) is 5.89 Å². The zero-order chi connectivity index (χ0) is 26.5. The van der Waals surface area contributed by atoms with E-state index >= 15 is 0 Å². The Morgan fingerprint density at radius 1 is 1.13 bits per heavy atom. The number of ether oxygens (including phenoxy) is 2. The zero-order valence-electron chi connectivity index (χ0n) is 21.3. The van der Waals surface area contributed by atoms with Crippen LogP contribution in [0.5, 0.6) is 5.75 Å². The van der Waals surface area contributed by atoms with Gasteiger partial charge in [0, 0.05) is 20.2 Å². The van der Waals surface area contributed by atoms with Gasteiger partial charge in [-0.2, -0.15) is 0 Å². The molecule has 9 heteroatoms. The quantitative estimate of drug-likeness (QED) is 0.331. The molecule has 0 spiro atoms. The van der Waals surface area contributed by atoms with Crippen LogP contribution in [0.25, 0.3) is 0 Å². The lowest BCUT2D eigenvalue weighted by molar-refractivity contribution is 0.0661. The molecule has 1 unspecified atom stereocenters. The summed E-state index contributed by atoms with van der Waals surface area (Å²) < 4.78 is 21.8. The van der Waals surface area contributed by atoms with Gasteiger partial charge in [0.1, 0.15) is 12.0 Å². The van der Waals surface area contributed by atoms with Gasteiger partial charge in [-0.05, 0) is 54.3 Å². The molecule has 0 saturated heterocycles. The SMILES string of the molecule is COCCNC(=O)c1coc(COc2ccc3c(c2)C(c2cccc(C)c2)N(C(=O)c2ccco2)CC3)n1. The number of nitrogens with zero attached hydrogens (tertiary/aromatic N) is 2. The fourth-order valence-corrected chi connectivity index (χ4v) is 4.63. The number of hydrogen-bond acceptors (Lipinski definition) is 7. The van der Waals surface area contributed by atoms with Gasteiger partial charge in [-0.1, -0.05) is 35.9 Å². The van der Waals surface area contributed by atoms with Crippen LogP contribution in [-0.2, 0) is 17.8 Å². The largest absolute Gasteiger partial charge is 0.484 e. The number of benzene rings is 2. The molecule has 1 N–H and O–H groups in total. The second-order valence-electron chi connectivity index (χ2n) is 9.07. The Kier molecular flexibility index (Phi) is 7.55. The van der Waals surface area contributed by atoms with E-state index in [4.69, 9.17) is 18.3 Å². The molecule has 0 bridgehead atoms. The highest BCUT2D eigenvalue weighted by atomic mass is 16.5. The number of rotatable bonds is 9. The molecule has 3 heterocycles. The summed E-state index contributed by atoms with van der Waals surface area (Å²) in [4.78, 5) is 31.6. The number of aryl methyl sites for hydroxylation is 1. The molecule has 0 radical (unpaired) electrons. The van der Waals surface area contributed by atoms with Crippen molar-refractivity contribution >= 4 is 11.8 Å². The van der Waals surface area contributed by atoms with E-state index in [0.717, 1.165) is 22.3 Å². The minimum atomic E-state index is -0.340. The highest BCUT2D eigenvalue weighted by Gasteiger charge is 2.34. The predicted octanol–water partition coefficient (Wildman–Crippen LogP) is 4.32. The minimum absolute atomic E-state index is 0.0499. The number of fused-ring (bicyclic) bond motifs is 1. The second kappa shape index (κ2) is 11.4. The lowest BCUT2D eigenvalue weighted by Crippen LogP contribution is -2.40. The van der Waals surface area contributed by atoms with E-state index in [1.165, 1.54) is 12.5 Å². The number of oxazole rings is 1. The smallest absolute Gasteiger partial charge is 0.290 e. The van der Waals surface area contributed by atoms with Crippen LogP contribution in [0.15, 0.2) is 76.0 Å². The number of aromatic nitrogens is 1. The summed E-state index contributed by atoms with van der Waals surface area (Å²) >= 11 is 0. The van der Waals surface area contributed by atoms with Crippen LogP contribution >= 0.6 is 0 Å². The Bertz CT molecular complexity index is 1410. The van der Waals surface area contributed by atoms with Crippen LogP contribution in [0, 0.1) is 6.92 Å². The van der Waals surface area contributed by atoms with Crippen LogP contribution in [0.4, 0.5) is 0 Å². The molecule has 0 saturated carbocycles. The number of furan rings is 1. The van der Waals surface area contributed by atoms with Gasteiger partial charge in [0.05, 0.1) is 18.9 Å². The van der Waals surface area contributed by atoms with Gasteiger partial charge in [-0.25, -0.2) is 4.98 Å². The summed E-state index contributed by atoms with van der Waals surface area (Å²) in [6.07, 6.45) is 3.53. The molecule has 1 aliphatic rings. The fourth-order valence-electron chi connectivity index (χ4n) is 4.63. The van der Waals surface area contributed by atoms with Crippen LogP contribution in [-0.4, -0.2) is 48.5 Å². The monoisotopic (exact) mass is 515 g/mol. The van der Waals surface area contributed by atoms with Gasteiger partial charge in [-0.3, -0.25) is 9.59 Å². The Morgan fingerprint density at radius 2 is 2.03 bits per heavy atom. The maximum absolute atomic E-state index is 13.4. The molecular formula is C29H29N3O6. The van der Waals surface area contributed by atoms with Crippen LogP contribution < -0.4 is 10.1 Å². The van der Waals surface area contributed by atoms with Crippen LogP contribution in [0.3, 0.4) is 0 Å². The van der Waals surface area contributed by atoms with Crippen molar-refractivity contribution in [3.05, 3.63) is 107 Å². The maximum Gasteiger partial charge on any atom is 0.290 e. The summed E-state index contributed by atoms with van der Waals surface area (Å²) in [7, 11) is 1.57. The molecule has 0 aliphatic carbocycles. The highest BCUT2D eigenvalue weighted by molar-refractivity contribution is 5.92. The average molecular weight is 516 g/mol. The van der Waals surface area contributed by atoms with E-state index in [-0.39, 0.29) is 36.0 Å². The normalized spacial score (nSPS) is 14.7. The topological polar surface area (TPSA) is 107 Å². The molecule has 5 rings (SSSR count). The first kappa shape index (κ1) is 25.3. The molecule has 2 amide bonds. The molecule has 2 aromatic heterocycles. The van der Waals surface area contributed by atoms with E-state index < -0.39 is 0 Å². The van der Waals surface area contributed by atoms with Gasteiger partial charge in [0.25, 0.3) is 11.8 Å². The molecule has 0 fully saturated rings. The number of hydrogen-bond donors (Lipinski definition) is 1. The van der Waals surface area contributed by atoms with Crippen LogP contribution in [0.2, 0.25) is 0 Å². The molecule has 2 aromatic carbocycles. The standard InChI is InChI=1S/C29H29N3O6/c1-19-5-3-6-21(15-19)27-23-16-22(37-18-26-31-24(17-38-26)28(33)30-11-14-35-2)9-8-20(23)10-12-32(27)29(34)25-7-4-13-36-25/h3-9,13,15-17,27H,10-12,14,18H2,1-2H3,(H,30,33). The molecule has 196 valence electrons. The third-order valence-corrected chi connectivity index (χ3v) is 6.43. The summed E-state index contributed by atoms with van der Waals surface area (Å²) in [5.74, 6) is 0.703. The third-order valence-electron chi connectivity index (χ3n) is 6.43. The Morgan fingerprint density at radius 3 is 2.82 bits per heavy atom. The predicted molar refractivity (Wildman–Crippen MR) is 138 cm³/mol. The molecule has 4 aromatic rings. The van der Waals surface area contributed by atoms with E-state index in [1.54, 1.807) is 19.2 Å². The van der Waals surface area contributed by atoms with Gasteiger partial charge in [-0.15, -0.1) is 0 Å². The van der Waals surface area contributed by atoms with Crippen molar-refractivity contribution in [1.82, 2.24) is 15.2 Å². The van der Waals surface area contributed by atoms with Crippen molar-refractivity contribution in [2.45, 2.75) is 26.0 Å². The van der Waals surface area contributed by atoms with Crippen molar-refractivity contribution in [1.29, 1.82) is 0 Å². The van der Waals surface area contributed by atoms with Gasteiger partial charge >= 0.3 is 0 Å². The first-order valence-electron chi connectivity index (χ1n) is 12.4. The first-order chi connectivity index (χ1) is 18.5. The molecule has 1 aliphatic heterocycles. The number of nitrogens with one attached hydrogen (secondary N) is 1. The molecule has 1 atom stereocenters. The molecule has 38 heavy (non-hydrogen) atoms. The van der Waals surface area contributed by atoms with E-state index in [9.17, 15) is 9.59 Å². The summed E-state index contributed by atoms with van der Waals surface area (Å²) in [5, 5.41) is 2.70. The van der Waals surface area contributed by atoms with E-state index in [1.807, 2.05) is 48.2 Å². The number of carbonyl (C=O) groups is 2. The van der Waals surface area contributed by atoms with Crippen molar-refractivity contribution < 1.29 is 27.9 Å². The van der Waals surface area contributed by atoms with Gasteiger partial charge < -0.3 is 28.5 Å². The lowest BCUT2D eigenvalue weighted by atomic mass is 9.87. The van der Waals surface area contributed by atoms with Gasteiger partial charge in [0.15, 0.2) is 18.1 Å². The summed E-state index contributed by atoms with van der Waals surface area (Å²) in [6.45, 7) is 3.44. The molecule has 9 nitrogen and oxygen atoms in total. The Hall–Kier alpha value is -4.37. The maximum atomic E-state index is 13.4. The number of carbonyl (C=O) groups excluding carboxylic acids is 2. The van der Waals surface area contributed by atoms with Crippen molar-refractivity contribution in [3.8, 4) is 5.75 Å². The summed E-state index contributed by atoms with van der Waals surface area (Å²) in [5.41, 5.74) is 4.44. The average Bonchev–Trinajstić information content (AvgIpc) is 3.64. The van der Waals surface area contributed by atoms with Crippen molar-refractivity contribution in [2.24, 2.45) is 0 Å². The second-order valence-corrected chi connectivity index (χ2v) is 9.07. The van der Waals surface area contributed by atoms with E-state index in [0.29, 0.717) is 37.6 Å². The Balaban J connectivity index is 1.38. The summed E-state index contributed by atoms with van der Waals surface area (Å²) in [6, 6.07) is 17.2. The fraction of sp³-hybridized carbons (Fsp3) is 0.276. The van der Waals surface area contributed by atoms with Crippen molar-refractivity contribution in [3.63, 3.8) is 0 Å². The minimum Gasteiger partial charge on any atom is -0.484 e. The van der Waals surface area contributed by atoms with Crippen molar-refractivity contribution in [2.75, 3.05) is 26.8 Å². The number of methoxy groups -OCH3 is 1.